The number of anilines is 2. The average molecular weight is 436 g/mol. The number of benzene rings is 2. The minimum atomic E-state index is -0.246. The van der Waals surface area contributed by atoms with Gasteiger partial charge in [0.15, 0.2) is 0 Å². The fourth-order valence-electron chi connectivity index (χ4n) is 2.63. The molecule has 0 fully saturated rings. The zero-order valence-electron chi connectivity index (χ0n) is 15.7. The predicted molar refractivity (Wildman–Crippen MR) is 120 cm³/mol. The molecule has 6 nitrogen and oxygen atoms in total. The Bertz CT molecular complexity index is 1120. The molecule has 0 saturated heterocycles. The van der Waals surface area contributed by atoms with E-state index in [2.05, 4.69) is 15.6 Å². The van der Waals surface area contributed by atoms with Crippen molar-refractivity contribution in [2.45, 2.75) is 6.61 Å². The van der Waals surface area contributed by atoms with Crippen molar-refractivity contribution in [1.29, 1.82) is 0 Å². The molecule has 0 aliphatic rings. The van der Waals surface area contributed by atoms with Gasteiger partial charge in [-0.1, -0.05) is 12.1 Å². The average Bonchev–Trinajstić information content (AvgIpc) is 3.48. The second kappa shape index (κ2) is 9.34. The van der Waals surface area contributed by atoms with E-state index in [0.717, 1.165) is 5.69 Å². The summed E-state index contributed by atoms with van der Waals surface area (Å²) in [5, 5.41) is 9.45. The fraction of sp³-hybridized carbons (Fsp3) is 0.0455. The molecule has 2 aromatic carbocycles. The Kier molecular flexibility index (Phi) is 6.17. The van der Waals surface area contributed by atoms with Crippen LogP contribution in [0.25, 0.3) is 0 Å². The van der Waals surface area contributed by atoms with Crippen molar-refractivity contribution in [2.75, 3.05) is 10.6 Å². The summed E-state index contributed by atoms with van der Waals surface area (Å²) in [4.78, 5) is 29.5. The van der Waals surface area contributed by atoms with E-state index in [4.69, 9.17) is 4.74 Å². The molecule has 0 bridgehead atoms. The van der Waals surface area contributed by atoms with Crippen molar-refractivity contribution in [3.8, 4) is 5.75 Å². The van der Waals surface area contributed by atoms with Gasteiger partial charge in [0.05, 0.1) is 16.1 Å². The lowest BCUT2D eigenvalue weighted by Crippen LogP contribution is -2.13. The molecule has 30 heavy (non-hydrogen) atoms. The molecule has 0 radical (unpaired) electrons. The summed E-state index contributed by atoms with van der Waals surface area (Å²) in [6.45, 7) is 0.354. The molecule has 0 spiro atoms. The molecular formula is C22H17N3O3S2. The fourth-order valence-corrected chi connectivity index (χ4v) is 3.80. The van der Waals surface area contributed by atoms with Crippen LogP contribution in [-0.2, 0) is 6.61 Å². The van der Waals surface area contributed by atoms with Gasteiger partial charge in [-0.25, -0.2) is 4.98 Å². The van der Waals surface area contributed by atoms with Gasteiger partial charge in [-0.05, 0) is 53.9 Å². The SMILES string of the molecule is O=C(Nc1ccc(NC(=O)c2cccs2)cc1)c1cccc(OCc2cscn2)c1. The number of hydrogen-bond donors (Lipinski definition) is 2. The number of nitrogens with zero attached hydrogens (tertiary/aromatic N) is 1. The van der Waals surface area contributed by atoms with Crippen LogP contribution in [0.2, 0.25) is 0 Å². The lowest BCUT2D eigenvalue weighted by atomic mass is 10.2. The zero-order chi connectivity index (χ0) is 20.8. The number of amides is 2. The summed E-state index contributed by atoms with van der Waals surface area (Å²) in [5.74, 6) is 0.197. The molecule has 2 heterocycles. The molecule has 0 saturated carbocycles. The highest BCUT2D eigenvalue weighted by molar-refractivity contribution is 7.12. The van der Waals surface area contributed by atoms with Gasteiger partial charge in [0.25, 0.3) is 11.8 Å². The van der Waals surface area contributed by atoms with Crippen LogP contribution in [0.1, 0.15) is 25.7 Å². The molecule has 150 valence electrons. The molecule has 0 aliphatic carbocycles. The first-order valence-electron chi connectivity index (χ1n) is 9.03. The van der Waals surface area contributed by atoms with Gasteiger partial charge in [0, 0.05) is 22.3 Å². The first-order valence-corrected chi connectivity index (χ1v) is 10.9. The van der Waals surface area contributed by atoms with E-state index in [-0.39, 0.29) is 11.8 Å². The number of nitrogens with one attached hydrogen (secondary N) is 2. The van der Waals surface area contributed by atoms with E-state index in [1.165, 1.54) is 22.7 Å². The number of carbonyl (C=O) groups excluding carboxylic acids is 2. The molecule has 2 aromatic heterocycles. The zero-order valence-corrected chi connectivity index (χ0v) is 17.3. The van der Waals surface area contributed by atoms with Crippen LogP contribution in [0.3, 0.4) is 0 Å². The van der Waals surface area contributed by atoms with Crippen molar-refractivity contribution < 1.29 is 14.3 Å². The van der Waals surface area contributed by atoms with Crippen LogP contribution in [0, 0.1) is 0 Å². The Hall–Kier alpha value is -3.49. The standard InChI is InChI=1S/C22H17N3O3S2/c26-21(15-3-1-4-19(11-15)28-12-18-13-29-14-23-18)24-16-6-8-17(9-7-16)25-22(27)20-5-2-10-30-20/h1-11,13-14H,12H2,(H,24,26)(H,25,27). The highest BCUT2D eigenvalue weighted by atomic mass is 32.1. The molecule has 0 atom stereocenters. The van der Waals surface area contributed by atoms with Gasteiger partial charge >= 0.3 is 0 Å². The highest BCUT2D eigenvalue weighted by Crippen LogP contribution is 2.19. The Labute approximate surface area is 181 Å². The second-order valence-electron chi connectivity index (χ2n) is 6.26. The van der Waals surface area contributed by atoms with Gasteiger partial charge in [0.2, 0.25) is 0 Å². The Balaban J connectivity index is 1.35. The van der Waals surface area contributed by atoms with Crippen molar-refractivity contribution in [3.05, 3.63) is 93.1 Å². The molecule has 2 N–H and O–H groups in total. The van der Waals surface area contributed by atoms with Crippen LogP contribution < -0.4 is 15.4 Å². The molecule has 0 unspecified atom stereocenters. The summed E-state index contributed by atoms with van der Waals surface area (Å²) < 4.78 is 5.70. The lowest BCUT2D eigenvalue weighted by Gasteiger charge is -2.09. The summed E-state index contributed by atoms with van der Waals surface area (Å²) >= 11 is 2.89. The first-order chi connectivity index (χ1) is 14.7. The quantitative estimate of drug-likeness (QED) is 0.413. The van der Waals surface area contributed by atoms with Crippen LogP contribution in [-0.4, -0.2) is 16.8 Å². The van der Waals surface area contributed by atoms with Crippen molar-refractivity contribution >= 4 is 45.9 Å². The number of ether oxygens (including phenoxy) is 1. The summed E-state index contributed by atoms with van der Waals surface area (Å²) in [7, 11) is 0. The number of thiazole rings is 1. The van der Waals surface area contributed by atoms with Crippen LogP contribution in [0.15, 0.2) is 76.9 Å². The van der Waals surface area contributed by atoms with Gasteiger partial charge in [-0.2, -0.15) is 0 Å². The van der Waals surface area contributed by atoms with Gasteiger partial charge in [0.1, 0.15) is 12.4 Å². The number of thiophene rings is 1. The number of hydrogen-bond acceptors (Lipinski definition) is 6. The third-order valence-electron chi connectivity index (χ3n) is 4.11. The Morgan fingerprint density at radius 1 is 0.933 bits per heavy atom. The van der Waals surface area contributed by atoms with E-state index < -0.39 is 0 Å². The van der Waals surface area contributed by atoms with Crippen molar-refractivity contribution in [3.63, 3.8) is 0 Å². The highest BCUT2D eigenvalue weighted by Gasteiger charge is 2.09. The lowest BCUT2D eigenvalue weighted by molar-refractivity contribution is 0.102. The van der Waals surface area contributed by atoms with E-state index in [9.17, 15) is 9.59 Å². The largest absolute Gasteiger partial charge is 0.487 e. The maximum absolute atomic E-state index is 12.6. The smallest absolute Gasteiger partial charge is 0.265 e. The molecular weight excluding hydrogens is 418 g/mol. The molecule has 2 amide bonds. The topological polar surface area (TPSA) is 80.3 Å². The Morgan fingerprint density at radius 2 is 1.70 bits per heavy atom. The molecule has 4 rings (SSSR count). The number of aromatic nitrogens is 1. The van der Waals surface area contributed by atoms with Gasteiger partial charge in [-0.15, -0.1) is 22.7 Å². The number of carbonyl (C=O) groups is 2. The maximum Gasteiger partial charge on any atom is 0.265 e. The third kappa shape index (κ3) is 5.11. The van der Waals surface area contributed by atoms with Crippen LogP contribution >= 0.6 is 22.7 Å². The van der Waals surface area contributed by atoms with Crippen LogP contribution in [0.4, 0.5) is 11.4 Å². The second-order valence-corrected chi connectivity index (χ2v) is 7.93. The predicted octanol–water partition coefficient (Wildman–Crippen LogP) is 5.29. The minimum Gasteiger partial charge on any atom is -0.487 e. The normalized spacial score (nSPS) is 10.4. The Morgan fingerprint density at radius 3 is 2.37 bits per heavy atom. The summed E-state index contributed by atoms with van der Waals surface area (Å²) in [5.41, 5.74) is 4.37. The van der Waals surface area contributed by atoms with Crippen LogP contribution in [0.5, 0.6) is 5.75 Å². The monoisotopic (exact) mass is 435 g/mol. The molecule has 4 aromatic rings. The van der Waals surface area contributed by atoms with Crippen molar-refractivity contribution in [1.82, 2.24) is 4.98 Å². The number of rotatable bonds is 7. The first kappa shape index (κ1) is 19.8. The third-order valence-corrected chi connectivity index (χ3v) is 5.62. The van der Waals surface area contributed by atoms with E-state index in [1.54, 1.807) is 60.1 Å². The van der Waals surface area contributed by atoms with E-state index in [0.29, 0.717) is 34.2 Å². The summed E-state index contributed by atoms with van der Waals surface area (Å²) in [6.07, 6.45) is 0. The van der Waals surface area contributed by atoms with E-state index in [1.807, 2.05) is 16.8 Å². The molecule has 8 heteroatoms. The van der Waals surface area contributed by atoms with E-state index >= 15 is 0 Å². The molecule has 0 aliphatic heterocycles. The van der Waals surface area contributed by atoms with Crippen molar-refractivity contribution in [2.24, 2.45) is 0 Å². The minimum absolute atomic E-state index is 0.156. The maximum atomic E-state index is 12.6. The summed E-state index contributed by atoms with van der Waals surface area (Å²) in [6, 6.07) is 17.6. The van der Waals surface area contributed by atoms with Gasteiger partial charge < -0.3 is 15.4 Å². The van der Waals surface area contributed by atoms with Gasteiger partial charge in [-0.3, -0.25) is 9.59 Å².